The van der Waals surface area contributed by atoms with E-state index in [0.29, 0.717) is 22.8 Å². The molecule has 3 aromatic rings. The molecule has 1 aliphatic rings. The SMILES string of the molecule is Cn1cnc(C(=O)N(Cc2csc(-c3ccc(OC(F)(F)F)cc3)n2)C2CCC2)c1. The molecule has 1 aliphatic carbocycles. The molecule has 158 valence electrons. The van der Waals surface area contributed by atoms with Gasteiger partial charge in [-0.25, -0.2) is 9.97 Å². The minimum Gasteiger partial charge on any atom is -0.406 e. The van der Waals surface area contributed by atoms with Gasteiger partial charge in [-0.05, 0) is 43.5 Å². The van der Waals surface area contributed by atoms with Gasteiger partial charge in [-0.3, -0.25) is 4.79 Å². The monoisotopic (exact) mass is 436 g/mol. The van der Waals surface area contributed by atoms with E-state index in [0.717, 1.165) is 25.0 Å². The Morgan fingerprint density at radius 2 is 2.03 bits per heavy atom. The van der Waals surface area contributed by atoms with E-state index in [4.69, 9.17) is 0 Å². The van der Waals surface area contributed by atoms with Crippen molar-refractivity contribution in [2.75, 3.05) is 0 Å². The van der Waals surface area contributed by atoms with Gasteiger partial charge in [0.25, 0.3) is 5.91 Å². The van der Waals surface area contributed by atoms with E-state index in [1.165, 1.54) is 35.6 Å². The smallest absolute Gasteiger partial charge is 0.406 e. The third-order valence-corrected chi connectivity index (χ3v) is 5.86. The summed E-state index contributed by atoms with van der Waals surface area (Å²) < 4.78 is 42.6. The second-order valence-electron chi connectivity index (χ2n) is 7.16. The molecule has 0 radical (unpaired) electrons. The van der Waals surface area contributed by atoms with E-state index < -0.39 is 6.36 Å². The number of benzene rings is 1. The quantitative estimate of drug-likeness (QED) is 0.565. The highest BCUT2D eigenvalue weighted by molar-refractivity contribution is 7.13. The van der Waals surface area contributed by atoms with E-state index in [9.17, 15) is 18.0 Å². The standard InChI is InChI=1S/C20H19F3N4O2S/c1-26-10-17(24-12-26)19(28)27(15-3-2-4-15)9-14-11-30-18(25-14)13-5-7-16(8-6-13)29-20(21,22)23/h5-8,10-12,15H,2-4,9H2,1H3. The second-order valence-corrected chi connectivity index (χ2v) is 8.02. The molecule has 0 bridgehead atoms. The van der Waals surface area contributed by atoms with Crippen LogP contribution in [0.1, 0.15) is 35.4 Å². The number of halogens is 3. The average Bonchev–Trinajstić information content (AvgIpc) is 3.27. The summed E-state index contributed by atoms with van der Waals surface area (Å²) in [5, 5.41) is 2.54. The molecule has 0 spiro atoms. The molecule has 1 fully saturated rings. The van der Waals surface area contributed by atoms with E-state index >= 15 is 0 Å². The second kappa shape index (κ2) is 8.10. The molecule has 0 saturated heterocycles. The molecule has 2 aromatic heterocycles. The zero-order chi connectivity index (χ0) is 21.3. The van der Waals surface area contributed by atoms with Crippen LogP contribution in [0, 0.1) is 0 Å². The number of ether oxygens (including phenoxy) is 1. The highest BCUT2D eigenvalue weighted by Gasteiger charge is 2.32. The molecule has 10 heteroatoms. The van der Waals surface area contributed by atoms with Crippen molar-refractivity contribution in [1.82, 2.24) is 19.4 Å². The van der Waals surface area contributed by atoms with Gasteiger partial charge >= 0.3 is 6.36 Å². The van der Waals surface area contributed by atoms with Crippen LogP contribution in [-0.2, 0) is 13.6 Å². The van der Waals surface area contributed by atoms with Crippen molar-refractivity contribution in [2.45, 2.75) is 38.2 Å². The van der Waals surface area contributed by atoms with Crippen LogP contribution in [0.5, 0.6) is 5.75 Å². The van der Waals surface area contributed by atoms with Crippen molar-refractivity contribution in [3.05, 3.63) is 53.6 Å². The van der Waals surface area contributed by atoms with E-state index in [1.807, 2.05) is 17.3 Å². The summed E-state index contributed by atoms with van der Waals surface area (Å²) in [6, 6.07) is 5.76. The highest BCUT2D eigenvalue weighted by Crippen LogP contribution is 2.31. The number of imidazole rings is 1. The predicted octanol–water partition coefficient (Wildman–Crippen LogP) is 4.64. The van der Waals surface area contributed by atoms with Crippen LogP contribution in [0.25, 0.3) is 10.6 Å². The van der Waals surface area contributed by atoms with Gasteiger partial charge in [-0.2, -0.15) is 0 Å². The van der Waals surface area contributed by atoms with Crippen molar-refractivity contribution < 1.29 is 22.7 Å². The summed E-state index contributed by atoms with van der Waals surface area (Å²) in [6.45, 7) is 0.367. The lowest BCUT2D eigenvalue weighted by atomic mass is 9.91. The van der Waals surface area contributed by atoms with Gasteiger partial charge in [0.1, 0.15) is 16.5 Å². The first-order valence-corrected chi connectivity index (χ1v) is 10.3. The maximum Gasteiger partial charge on any atom is 0.573 e. The fourth-order valence-electron chi connectivity index (χ4n) is 3.22. The van der Waals surface area contributed by atoms with Crippen LogP contribution < -0.4 is 4.74 Å². The van der Waals surface area contributed by atoms with E-state index in [2.05, 4.69) is 14.7 Å². The number of carbonyl (C=O) groups is 1. The number of aryl methyl sites for hydroxylation is 1. The number of hydrogen-bond acceptors (Lipinski definition) is 5. The first-order chi connectivity index (χ1) is 14.3. The maximum atomic E-state index is 12.9. The van der Waals surface area contributed by atoms with Gasteiger partial charge in [0.15, 0.2) is 0 Å². The molecule has 0 atom stereocenters. The lowest BCUT2D eigenvalue weighted by Crippen LogP contribution is -2.43. The maximum absolute atomic E-state index is 12.9. The molecule has 6 nitrogen and oxygen atoms in total. The Hall–Kier alpha value is -2.88. The lowest BCUT2D eigenvalue weighted by Gasteiger charge is -2.36. The first kappa shape index (κ1) is 20.4. The van der Waals surface area contributed by atoms with Gasteiger partial charge in [-0.1, -0.05) is 0 Å². The van der Waals surface area contributed by atoms with Crippen molar-refractivity contribution in [3.63, 3.8) is 0 Å². The van der Waals surface area contributed by atoms with Gasteiger partial charge in [0, 0.05) is 30.2 Å². The molecule has 1 amide bonds. The number of amides is 1. The topological polar surface area (TPSA) is 60.2 Å². The fraction of sp³-hybridized carbons (Fsp3) is 0.350. The Kier molecular flexibility index (Phi) is 5.50. The molecule has 0 aliphatic heterocycles. The molecule has 4 rings (SSSR count). The molecule has 0 N–H and O–H groups in total. The summed E-state index contributed by atoms with van der Waals surface area (Å²) in [7, 11) is 1.81. The average molecular weight is 436 g/mol. The van der Waals surface area contributed by atoms with Crippen molar-refractivity contribution in [2.24, 2.45) is 7.05 Å². The fourth-order valence-corrected chi connectivity index (χ4v) is 4.04. The number of carbonyl (C=O) groups excluding carboxylic acids is 1. The first-order valence-electron chi connectivity index (χ1n) is 9.38. The number of nitrogens with zero attached hydrogens (tertiary/aromatic N) is 4. The lowest BCUT2D eigenvalue weighted by molar-refractivity contribution is -0.274. The largest absolute Gasteiger partial charge is 0.573 e. The van der Waals surface area contributed by atoms with Gasteiger partial charge in [0.05, 0.1) is 18.6 Å². The molecule has 30 heavy (non-hydrogen) atoms. The minimum absolute atomic E-state index is 0.122. The van der Waals surface area contributed by atoms with Gasteiger partial charge < -0.3 is 14.2 Å². The van der Waals surface area contributed by atoms with Crippen molar-refractivity contribution in [1.29, 1.82) is 0 Å². The molecule has 1 aromatic carbocycles. The minimum atomic E-state index is -4.72. The Morgan fingerprint density at radius 3 is 2.60 bits per heavy atom. The number of aromatic nitrogens is 3. The van der Waals surface area contributed by atoms with Crippen LogP contribution in [0.2, 0.25) is 0 Å². The molecular formula is C20H19F3N4O2S. The zero-order valence-electron chi connectivity index (χ0n) is 16.1. The summed E-state index contributed by atoms with van der Waals surface area (Å²) in [4.78, 5) is 23.5. The molecule has 0 unspecified atom stereocenters. The molecule has 2 heterocycles. The number of alkyl halides is 3. The summed E-state index contributed by atoms with van der Waals surface area (Å²) in [5.41, 5.74) is 1.83. The van der Waals surface area contributed by atoms with Crippen LogP contribution in [0.4, 0.5) is 13.2 Å². The number of hydrogen-bond donors (Lipinski definition) is 0. The number of rotatable bonds is 6. The molecule has 1 saturated carbocycles. The third kappa shape index (κ3) is 4.64. The molecular weight excluding hydrogens is 417 g/mol. The van der Waals surface area contributed by atoms with Crippen molar-refractivity contribution >= 4 is 17.2 Å². The van der Waals surface area contributed by atoms with Crippen molar-refractivity contribution in [3.8, 4) is 16.3 Å². The normalized spacial score (nSPS) is 14.4. The highest BCUT2D eigenvalue weighted by atomic mass is 32.1. The van der Waals surface area contributed by atoms with Crippen LogP contribution in [0.15, 0.2) is 42.2 Å². The Labute approximate surface area is 174 Å². The van der Waals surface area contributed by atoms with Crippen LogP contribution >= 0.6 is 11.3 Å². The summed E-state index contributed by atoms with van der Waals surface area (Å²) in [6.07, 6.45) is 1.57. The Bertz CT molecular complexity index is 1030. The summed E-state index contributed by atoms with van der Waals surface area (Å²) in [5.74, 6) is -0.399. The Morgan fingerprint density at radius 1 is 1.30 bits per heavy atom. The number of thiazole rings is 1. The Balaban J connectivity index is 1.49. The summed E-state index contributed by atoms with van der Waals surface area (Å²) >= 11 is 1.38. The van der Waals surface area contributed by atoms with Gasteiger partial charge in [0.2, 0.25) is 0 Å². The third-order valence-electron chi connectivity index (χ3n) is 4.92. The van der Waals surface area contributed by atoms with Crippen LogP contribution in [0.3, 0.4) is 0 Å². The van der Waals surface area contributed by atoms with E-state index in [1.54, 1.807) is 17.1 Å². The van der Waals surface area contributed by atoms with Gasteiger partial charge in [-0.15, -0.1) is 24.5 Å². The zero-order valence-corrected chi connectivity index (χ0v) is 16.9. The predicted molar refractivity (Wildman–Crippen MR) is 105 cm³/mol. The van der Waals surface area contributed by atoms with E-state index in [-0.39, 0.29) is 17.7 Å². The van der Waals surface area contributed by atoms with Crippen LogP contribution in [-0.4, -0.2) is 37.7 Å².